The third kappa shape index (κ3) is 5.52. The topological polar surface area (TPSA) is 69.6 Å². The van der Waals surface area contributed by atoms with Crippen molar-refractivity contribution in [2.45, 2.75) is 108 Å². The molecule has 2 aromatic carbocycles. The Morgan fingerprint density at radius 3 is 2.13 bits per heavy atom. The smallest absolute Gasteiger partial charge is 0.311 e. The van der Waals surface area contributed by atoms with Gasteiger partial charge in [0.2, 0.25) is 5.91 Å². The van der Waals surface area contributed by atoms with Gasteiger partial charge >= 0.3 is 5.97 Å². The molecular formula is C34H46N2O3. The average Bonchev–Trinajstić information content (AvgIpc) is 3.62. The normalized spacial score (nSPS) is 26.9. The summed E-state index contributed by atoms with van der Waals surface area (Å²) in [7, 11) is 0. The highest BCUT2D eigenvalue weighted by molar-refractivity contribution is 5.90. The van der Waals surface area contributed by atoms with Crippen LogP contribution in [-0.4, -0.2) is 47.1 Å². The van der Waals surface area contributed by atoms with Gasteiger partial charge in [-0.3, -0.25) is 9.59 Å². The van der Waals surface area contributed by atoms with Crippen molar-refractivity contribution >= 4 is 11.9 Å². The average molecular weight is 531 g/mol. The Hall–Kier alpha value is -2.66. The molecule has 5 nitrogen and oxygen atoms in total. The van der Waals surface area contributed by atoms with Crippen molar-refractivity contribution < 1.29 is 14.7 Å². The van der Waals surface area contributed by atoms with Crippen molar-refractivity contribution in [1.29, 1.82) is 0 Å². The molecule has 210 valence electrons. The molecule has 2 aromatic rings. The Bertz CT molecular complexity index is 1140. The van der Waals surface area contributed by atoms with Crippen molar-refractivity contribution in [2.75, 3.05) is 13.1 Å². The number of benzene rings is 2. The number of nitrogens with one attached hydrogen (secondary N) is 1. The van der Waals surface area contributed by atoms with Crippen LogP contribution in [0.1, 0.15) is 95.6 Å². The molecule has 5 rings (SSSR count). The van der Waals surface area contributed by atoms with Gasteiger partial charge in [0.25, 0.3) is 0 Å². The van der Waals surface area contributed by atoms with E-state index in [1.54, 1.807) is 0 Å². The zero-order chi connectivity index (χ0) is 27.5. The van der Waals surface area contributed by atoms with Gasteiger partial charge in [-0.25, -0.2) is 0 Å². The van der Waals surface area contributed by atoms with Crippen LogP contribution < -0.4 is 5.32 Å². The number of amides is 1. The van der Waals surface area contributed by atoms with Crippen LogP contribution >= 0.6 is 0 Å². The van der Waals surface area contributed by atoms with E-state index in [-0.39, 0.29) is 11.9 Å². The van der Waals surface area contributed by atoms with Crippen LogP contribution in [0.3, 0.4) is 0 Å². The maximum Gasteiger partial charge on any atom is 0.311 e. The quantitative estimate of drug-likeness (QED) is 0.377. The largest absolute Gasteiger partial charge is 0.481 e. The molecule has 5 heteroatoms. The fourth-order valence-electron chi connectivity index (χ4n) is 7.65. The zero-order valence-corrected chi connectivity index (χ0v) is 23.9. The predicted octanol–water partition coefficient (Wildman–Crippen LogP) is 6.73. The second kappa shape index (κ2) is 11.8. The summed E-state index contributed by atoms with van der Waals surface area (Å²) in [6.07, 6.45) is 11.2. The first-order valence-electron chi connectivity index (χ1n) is 15.4. The summed E-state index contributed by atoms with van der Waals surface area (Å²) < 4.78 is 0. The first-order valence-corrected chi connectivity index (χ1v) is 15.4. The fourth-order valence-corrected chi connectivity index (χ4v) is 7.65. The highest BCUT2D eigenvalue weighted by Crippen LogP contribution is 2.44. The first-order chi connectivity index (χ1) is 18.9. The molecule has 0 spiro atoms. The van der Waals surface area contributed by atoms with E-state index in [1.165, 1.54) is 30.5 Å². The van der Waals surface area contributed by atoms with Crippen LogP contribution in [0.25, 0.3) is 11.1 Å². The number of carboxylic acid groups (broad SMARTS) is 1. The molecule has 0 bridgehead atoms. The molecule has 1 heterocycles. The molecule has 0 aromatic heterocycles. The number of hydrogen-bond donors (Lipinski definition) is 2. The van der Waals surface area contributed by atoms with Gasteiger partial charge < -0.3 is 15.3 Å². The predicted molar refractivity (Wildman–Crippen MR) is 157 cm³/mol. The van der Waals surface area contributed by atoms with Gasteiger partial charge in [-0.05, 0) is 87.1 Å². The molecule has 1 amide bonds. The fraction of sp³-hybridized carbons (Fsp3) is 0.588. The molecule has 1 saturated heterocycles. The zero-order valence-electron chi connectivity index (χ0n) is 23.9. The lowest BCUT2D eigenvalue weighted by Gasteiger charge is -2.42. The minimum atomic E-state index is -0.851. The Morgan fingerprint density at radius 2 is 1.54 bits per heavy atom. The molecule has 39 heavy (non-hydrogen) atoms. The number of nitrogens with zero attached hydrogens (tertiary/aromatic N) is 1. The van der Waals surface area contributed by atoms with Gasteiger partial charge in [-0.2, -0.15) is 0 Å². The number of carbonyl (C=O) groups excluding carboxylic acids is 1. The minimum Gasteiger partial charge on any atom is -0.481 e. The maximum absolute atomic E-state index is 13.9. The summed E-state index contributed by atoms with van der Waals surface area (Å²) in [4.78, 5) is 28.8. The molecule has 2 saturated carbocycles. The Labute approximate surface area is 234 Å². The van der Waals surface area contributed by atoms with E-state index in [1.807, 2.05) is 6.92 Å². The first kappa shape index (κ1) is 27.9. The summed E-state index contributed by atoms with van der Waals surface area (Å²) in [6, 6.07) is 17.9. The van der Waals surface area contributed by atoms with Crippen molar-refractivity contribution in [3.63, 3.8) is 0 Å². The van der Waals surface area contributed by atoms with Gasteiger partial charge in [0.15, 0.2) is 0 Å². The van der Waals surface area contributed by atoms with Crippen molar-refractivity contribution in [3.05, 3.63) is 59.7 Å². The Morgan fingerprint density at radius 1 is 0.897 bits per heavy atom. The monoisotopic (exact) mass is 530 g/mol. The second-order valence-electron chi connectivity index (χ2n) is 12.4. The van der Waals surface area contributed by atoms with Gasteiger partial charge in [0.05, 0.1) is 10.8 Å². The summed E-state index contributed by atoms with van der Waals surface area (Å²) in [5, 5.41) is 13.4. The van der Waals surface area contributed by atoms with Crippen LogP contribution in [0.2, 0.25) is 0 Å². The van der Waals surface area contributed by atoms with Crippen LogP contribution in [0.15, 0.2) is 48.5 Å². The van der Waals surface area contributed by atoms with Gasteiger partial charge in [-0.15, -0.1) is 0 Å². The highest BCUT2D eigenvalue weighted by atomic mass is 16.4. The van der Waals surface area contributed by atoms with E-state index in [0.717, 1.165) is 69.0 Å². The van der Waals surface area contributed by atoms with Gasteiger partial charge in [-0.1, -0.05) is 81.1 Å². The highest BCUT2D eigenvalue weighted by Gasteiger charge is 2.50. The lowest BCUT2D eigenvalue weighted by atomic mass is 9.67. The van der Waals surface area contributed by atoms with Crippen LogP contribution in [-0.2, 0) is 21.4 Å². The Balaban J connectivity index is 1.29. The molecule has 3 aliphatic rings. The minimum absolute atomic E-state index is 0.0235. The summed E-state index contributed by atoms with van der Waals surface area (Å²) in [6.45, 7) is 6.64. The van der Waals surface area contributed by atoms with Crippen LogP contribution in [0.4, 0.5) is 0 Å². The van der Waals surface area contributed by atoms with E-state index in [2.05, 4.69) is 65.7 Å². The summed E-state index contributed by atoms with van der Waals surface area (Å²) in [5.41, 5.74) is 3.38. The molecule has 3 atom stereocenters. The van der Waals surface area contributed by atoms with E-state index >= 15 is 0 Å². The second-order valence-corrected chi connectivity index (χ2v) is 12.4. The van der Waals surface area contributed by atoms with Gasteiger partial charge in [0, 0.05) is 18.6 Å². The molecule has 0 unspecified atom stereocenters. The lowest BCUT2D eigenvalue weighted by Crippen LogP contribution is -2.57. The number of likely N-dealkylation sites (tertiary alicyclic amines) is 1. The third-order valence-corrected chi connectivity index (χ3v) is 10.4. The third-order valence-electron chi connectivity index (χ3n) is 10.4. The maximum atomic E-state index is 13.9. The van der Waals surface area contributed by atoms with E-state index in [0.29, 0.717) is 18.9 Å². The SMILES string of the molecule is CC[C@@]1(C(=O)O)CCCC[C@@H]1NC(=O)C1(c2ccc(-c3ccc(CCN4CCC[C@H]4C)cc3)cc2)CCCC1. The van der Waals surface area contributed by atoms with Crippen LogP contribution in [0.5, 0.6) is 0 Å². The number of hydrogen-bond acceptors (Lipinski definition) is 3. The standard InChI is InChI=1S/C34H46N2O3/c1-3-33(32(38)39)20-5-4-10-30(33)35-31(37)34(21-6-7-22-34)29-17-15-28(16-18-29)27-13-11-26(12-14-27)19-24-36-23-8-9-25(36)2/h11-18,25,30H,3-10,19-24H2,1-2H3,(H,35,37)(H,38,39)/t25-,30+,33-/m1/s1. The number of carbonyl (C=O) groups is 2. The molecule has 0 radical (unpaired) electrons. The Kier molecular flexibility index (Phi) is 8.46. The van der Waals surface area contributed by atoms with E-state index in [4.69, 9.17) is 0 Å². The molecule has 1 aliphatic heterocycles. The van der Waals surface area contributed by atoms with E-state index in [9.17, 15) is 14.7 Å². The molecular weight excluding hydrogens is 484 g/mol. The molecule has 3 fully saturated rings. The van der Waals surface area contributed by atoms with Crippen molar-refractivity contribution in [1.82, 2.24) is 10.2 Å². The lowest BCUT2D eigenvalue weighted by molar-refractivity contribution is -0.154. The molecule has 2 aliphatic carbocycles. The summed E-state index contributed by atoms with van der Waals surface area (Å²) >= 11 is 0. The number of carboxylic acids is 1. The van der Waals surface area contributed by atoms with Crippen LogP contribution in [0, 0.1) is 5.41 Å². The van der Waals surface area contributed by atoms with Gasteiger partial charge in [0.1, 0.15) is 0 Å². The molecule has 2 N–H and O–H groups in total. The number of aliphatic carboxylic acids is 1. The van der Waals surface area contributed by atoms with E-state index < -0.39 is 16.8 Å². The number of rotatable bonds is 9. The summed E-state index contributed by atoms with van der Waals surface area (Å²) in [5.74, 6) is -0.744. The van der Waals surface area contributed by atoms with Crippen molar-refractivity contribution in [2.24, 2.45) is 5.41 Å². The van der Waals surface area contributed by atoms with Crippen molar-refractivity contribution in [3.8, 4) is 11.1 Å².